The molecule has 30 heavy (non-hydrogen) atoms. The summed E-state index contributed by atoms with van der Waals surface area (Å²) in [7, 11) is 0. The van der Waals surface area contributed by atoms with Crippen LogP contribution in [0.1, 0.15) is 31.2 Å². The van der Waals surface area contributed by atoms with E-state index in [0.29, 0.717) is 37.4 Å². The van der Waals surface area contributed by atoms with Crippen LogP contribution in [0.2, 0.25) is 0 Å². The molecular weight excluding hydrogens is 392 g/mol. The summed E-state index contributed by atoms with van der Waals surface area (Å²) in [6, 6.07) is 4.07. The number of amides is 5. The topological polar surface area (TPSA) is 131 Å². The standard InChI is InChI=1S/C20H24N4O6/c21-18(26)13-5-7-23(8-6-13)17(25)4-2-14-19(27)24(20(28)22-14)10-12-1-3-15-16(9-12)30-11-29-15/h1,3,9,13-14H,2,4-8,10-11H2,(H2,21,26)(H,22,28)/t14-/m1/s1. The average Bonchev–Trinajstić information content (AvgIpc) is 3.31. The Hall–Kier alpha value is -3.30. The summed E-state index contributed by atoms with van der Waals surface area (Å²) in [6.07, 6.45) is 1.50. The number of nitrogens with zero attached hydrogens (tertiary/aromatic N) is 2. The minimum atomic E-state index is -0.724. The van der Waals surface area contributed by atoms with E-state index in [4.69, 9.17) is 15.2 Å². The van der Waals surface area contributed by atoms with Gasteiger partial charge in [-0.2, -0.15) is 0 Å². The lowest BCUT2D eigenvalue weighted by molar-refractivity contribution is -0.135. The number of rotatable bonds is 6. The number of fused-ring (bicyclic) bond motifs is 1. The molecule has 0 saturated carbocycles. The van der Waals surface area contributed by atoms with Crippen LogP contribution in [-0.4, -0.2) is 59.5 Å². The smallest absolute Gasteiger partial charge is 0.325 e. The summed E-state index contributed by atoms with van der Waals surface area (Å²) < 4.78 is 10.6. The van der Waals surface area contributed by atoms with Crippen molar-refractivity contribution in [3.8, 4) is 11.5 Å². The molecule has 4 rings (SSSR count). The molecule has 3 N–H and O–H groups in total. The molecule has 160 valence electrons. The maximum Gasteiger partial charge on any atom is 0.325 e. The molecule has 3 aliphatic rings. The van der Waals surface area contributed by atoms with Crippen molar-refractivity contribution in [3.05, 3.63) is 23.8 Å². The number of primary amides is 1. The second-order valence-electron chi connectivity index (χ2n) is 7.71. The zero-order chi connectivity index (χ0) is 21.3. The SMILES string of the molecule is NC(=O)C1CCN(C(=O)CC[C@H]2NC(=O)N(Cc3ccc4c(c3)OCO4)C2=O)CC1. The molecule has 0 spiro atoms. The maximum atomic E-state index is 12.7. The Morgan fingerprint density at radius 1 is 1.13 bits per heavy atom. The first-order valence-corrected chi connectivity index (χ1v) is 10.00. The molecule has 1 aromatic rings. The van der Waals surface area contributed by atoms with Crippen molar-refractivity contribution in [2.75, 3.05) is 19.9 Å². The van der Waals surface area contributed by atoms with Gasteiger partial charge >= 0.3 is 6.03 Å². The van der Waals surface area contributed by atoms with Gasteiger partial charge in [0.2, 0.25) is 18.6 Å². The zero-order valence-electron chi connectivity index (χ0n) is 16.5. The van der Waals surface area contributed by atoms with Crippen molar-refractivity contribution >= 4 is 23.8 Å². The predicted molar refractivity (Wildman–Crippen MR) is 103 cm³/mol. The lowest BCUT2D eigenvalue weighted by atomic mass is 9.96. The van der Waals surface area contributed by atoms with Gasteiger partial charge < -0.3 is 25.4 Å². The highest BCUT2D eigenvalue weighted by molar-refractivity contribution is 6.04. The third kappa shape index (κ3) is 4.03. The van der Waals surface area contributed by atoms with Crippen molar-refractivity contribution in [1.82, 2.24) is 15.1 Å². The van der Waals surface area contributed by atoms with E-state index in [-0.39, 0.29) is 49.8 Å². The number of carbonyl (C=O) groups excluding carboxylic acids is 4. The first-order chi connectivity index (χ1) is 14.4. The second kappa shape index (κ2) is 8.21. The van der Waals surface area contributed by atoms with Gasteiger partial charge in [0.1, 0.15) is 6.04 Å². The maximum absolute atomic E-state index is 12.7. The number of imide groups is 1. The normalized spacial score (nSPS) is 21.1. The van der Waals surface area contributed by atoms with Crippen molar-refractivity contribution in [2.24, 2.45) is 11.7 Å². The Balaban J connectivity index is 1.29. The first-order valence-electron chi connectivity index (χ1n) is 10.00. The molecule has 5 amide bonds. The second-order valence-corrected chi connectivity index (χ2v) is 7.71. The number of nitrogens with two attached hydrogens (primary N) is 1. The summed E-state index contributed by atoms with van der Waals surface area (Å²) >= 11 is 0. The number of piperidine rings is 1. The molecule has 1 atom stereocenters. The number of hydrogen-bond donors (Lipinski definition) is 2. The Morgan fingerprint density at radius 2 is 1.87 bits per heavy atom. The molecule has 0 unspecified atom stereocenters. The van der Waals surface area contributed by atoms with Gasteiger partial charge in [-0.05, 0) is 37.0 Å². The molecule has 1 aromatic carbocycles. The molecule has 0 aliphatic carbocycles. The summed E-state index contributed by atoms with van der Waals surface area (Å²) in [5, 5.41) is 2.66. The van der Waals surface area contributed by atoms with Crippen molar-refractivity contribution < 1.29 is 28.7 Å². The Morgan fingerprint density at radius 3 is 2.60 bits per heavy atom. The molecule has 2 fully saturated rings. The fraction of sp³-hybridized carbons (Fsp3) is 0.500. The molecule has 0 aromatic heterocycles. The minimum absolute atomic E-state index is 0.0887. The van der Waals surface area contributed by atoms with Gasteiger partial charge in [0.15, 0.2) is 11.5 Å². The van der Waals surface area contributed by atoms with Crippen LogP contribution < -0.4 is 20.5 Å². The largest absolute Gasteiger partial charge is 0.454 e. The average molecular weight is 416 g/mol. The van der Waals surface area contributed by atoms with Crippen LogP contribution in [-0.2, 0) is 20.9 Å². The molecule has 3 aliphatic heterocycles. The monoisotopic (exact) mass is 416 g/mol. The van der Waals surface area contributed by atoms with Crippen LogP contribution in [0.4, 0.5) is 4.79 Å². The number of benzene rings is 1. The molecule has 10 heteroatoms. The summed E-state index contributed by atoms with van der Waals surface area (Å²) in [5.41, 5.74) is 6.06. The van der Waals surface area contributed by atoms with Gasteiger partial charge in [-0.15, -0.1) is 0 Å². The van der Waals surface area contributed by atoms with E-state index in [1.54, 1.807) is 23.1 Å². The number of urea groups is 1. The fourth-order valence-electron chi connectivity index (χ4n) is 3.98. The summed E-state index contributed by atoms with van der Waals surface area (Å²) in [6.45, 7) is 1.23. The predicted octanol–water partition coefficient (Wildman–Crippen LogP) is 0.340. The van der Waals surface area contributed by atoms with E-state index in [2.05, 4.69) is 5.32 Å². The molecule has 10 nitrogen and oxygen atoms in total. The number of carbonyl (C=O) groups is 4. The van der Waals surface area contributed by atoms with Crippen molar-refractivity contribution in [2.45, 2.75) is 38.3 Å². The Bertz CT molecular complexity index is 880. The van der Waals surface area contributed by atoms with E-state index < -0.39 is 12.1 Å². The van der Waals surface area contributed by atoms with E-state index >= 15 is 0 Å². The molecule has 0 radical (unpaired) electrons. The van der Waals surface area contributed by atoms with Gasteiger partial charge in [-0.1, -0.05) is 6.07 Å². The van der Waals surface area contributed by atoms with E-state index in [9.17, 15) is 19.2 Å². The lowest BCUT2D eigenvalue weighted by Crippen LogP contribution is -2.42. The van der Waals surface area contributed by atoms with Gasteiger partial charge in [-0.3, -0.25) is 19.3 Å². The van der Waals surface area contributed by atoms with Gasteiger partial charge in [0, 0.05) is 25.4 Å². The van der Waals surface area contributed by atoms with Gasteiger partial charge in [-0.25, -0.2) is 4.79 Å². The first kappa shape index (κ1) is 20.0. The minimum Gasteiger partial charge on any atom is -0.454 e. The quantitative estimate of drug-likeness (QED) is 0.643. The summed E-state index contributed by atoms with van der Waals surface area (Å²) in [5.74, 6) is 0.263. The van der Waals surface area contributed by atoms with Crippen LogP contribution in [0.5, 0.6) is 11.5 Å². The number of ether oxygens (including phenoxy) is 2. The lowest BCUT2D eigenvalue weighted by Gasteiger charge is -2.30. The van der Waals surface area contributed by atoms with Crippen LogP contribution >= 0.6 is 0 Å². The fourth-order valence-corrected chi connectivity index (χ4v) is 3.98. The highest BCUT2D eigenvalue weighted by atomic mass is 16.7. The van der Waals surface area contributed by atoms with Gasteiger partial charge in [0.25, 0.3) is 5.91 Å². The van der Waals surface area contributed by atoms with E-state index in [0.717, 1.165) is 10.5 Å². The highest BCUT2D eigenvalue weighted by Gasteiger charge is 2.38. The summed E-state index contributed by atoms with van der Waals surface area (Å²) in [4.78, 5) is 51.5. The number of hydrogen-bond acceptors (Lipinski definition) is 6. The van der Waals surface area contributed by atoms with Crippen LogP contribution in [0, 0.1) is 5.92 Å². The van der Waals surface area contributed by atoms with Crippen molar-refractivity contribution in [1.29, 1.82) is 0 Å². The van der Waals surface area contributed by atoms with Crippen LogP contribution in [0.3, 0.4) is 0 Å². The zero-order valence-corrected chi connectivity index (χ0v) is 16.5. The molecule has 3 heterocycles. The molecular formula is C20H24N4O6. The third-order valence-electron chi connectivity index (χ3n) is 5.78. The molecule has 0 bridgehead atoms. The third-order valence-corrected chi connectivity index (χ3v) is 5.78. The van der Waals surface area contributed by atoms with E-state index in [1.807, 2.05) is 0 Å². The van der Waals surface area contributed by atoms with Crippen molar-refractivity contribution in [3.63, 3.8) is 0 Å². The van der Waals surface area contributed by atoms with Crippen LogP contribution in [0.15, 0.2) is 18.2 Å². The number of nitrogens with one attached hydrogen (secondary N) is 1. The Labute approximate surface area is 173 Å². The highest BCUT2D eigenvalue weighted by Crippen LogP contribution is 2.33. The van der Waals surface area contributed by atoms with Crippen LogP contribution in [0.25, 0.3) is 0 Å². The van der Waals surface area contributed by atoms with E-state index in [1.165, 1.54) is 0 Å². The molecule has 2 saturated heterocycles. The Kier molecular flexibility index (Phi) is 5.47. The van der Waals surface area contributed by atoms with Gasteiger partial charge in [0.05, 0.1) is 6.54 Å². The number of likely N-dealkylation sites (tertiary alicyclic amines) is 1.